The molecule has 1 aliphatic rings. The number of benzene rings is 1. The van der Waals surface area contributed by atoms with Crippen molar-refractivity contribution in [3.63, 3.8) is 0 Å². The lowest BCUT2D eigenvalue weighted by atomic mass is 10.0. The summed E-state index contributed by atoms with van der Waals surface area (Å²) in [6.45, 7) is 4.46. The number of nitrogens with one attached hydrogen (secondary N) is 1. The maximum atomic E-state index is 12.0. The molecular formula is C15H21NO2. The van der Waals surface area contributed by atoms with Gasteiger partial charge in [0.05, 0.1) is 6.10 Å². The van der Waals surface area contributed by atoms with Gasteiger partial charge in [-0.05, 0) is 50.7 Å². The molecule has 0 radical (unpaired) electrons. The van der Waals surface area contributed by atoms with Crippen molar-refractivity contribution in [2.75, 3.05) is 6.54 Å². The van der Waals surface area contributed by atoms with Crippen LogP contribution in [-0.2, 0) is 0 Å². The lowest BCUT2D eigenvalue weighted by Crippen LogP contribution is -2.28. The average molecular weight is 247 g/mol. The Hall–Kier alpha value is -1.35. The summed E-state index contributed by atoms with van der Waals surface area (Å²) >= 11 is 0. The molecular weight excluding hydrogens is 226 g/mol. The van der Waals surface area contributed by atoms with Crippen LogP contribution in [0.2, 0.25) is 0 Å². The summed E-state index contributed by atoms with van der Waals surface area (Å²) in [6.07, 6.45) is 2.67. The van der Waals surface area contributed by atoms with Crippen molar-refractivity contribution in [1.82, 2.24) is 5.32 Å². The molecule has 0 bridgehead atoms. The van der Waals surface area contributed by atoms with E-state index in [1.807, 2.05) is 32.0 Å². The number of rotatable bonds is 5. The smallest absolute Gasteiger partial charge is 0.251 e. The second-order valence-corrected chi connectivity index (χ2v) is 5.27. The van der Waals surface area contributed by atoms with E-state index in [0.29, 0.717) is 18.9 Å². The zero-order valence-electron chi connectivity index (χ0n) is 11.1. The van der Waals surface area contributed by atoms with Gasteiger partial charge >= 0.3 is 0 Å². The molecule has 2 N–H and O–H groups in total. The van der Waals surface area contributed by atoms with Gasteiger partial charge in [-0.25, -0.2) is 0 Å². The summed E-state index contributed by atoms with van der Waals surface area (Å²) < 4.78 is 0. The largest absolute Gasteiger partial charge is 0.393 e. The predicted molar refractivity (Wildman–Crippen MR) is 71.6 cm³/mol. The molecule has 0 aromatic heterocycles. The lowest BCUT2D eigenvalue weighted by molar-refractivity contribution is 0.0936. The highest BCUT2D eigenvalue weighted by atomic mass is 16.3. The summed E-state index contributed by atoms with van der Waals surface area (Å²) in [5.74, 6) is 0.432. The molecule has 1 amide bonds. The molecule has 1 saturated carbocycles. The van der Waals surface area contributed by atoms with Crippen LogP contribution in [-0.4, -0.2) is 23.7 Å². The summed E-state index contributed by atoms with van der Waals surface area (Å²) in [6, 6.07) is 5.87. The SMILES string of the molecule is Cc1ccc(C)c(C(=O)NCC[C@H](O)C2CC2)c1. The van der Waals surface area contributed by atoms with Gasteiger partial charge < -0.3 is 10.4 Å². The minimum absolute atomic E-state index is 0.0424. The van der Waals surface area contributed by atoms with Crippen LogP contribution in [0, 0.1) is 19.8 Å². The highest BCUT2D eigenvalue weighted by Gasteiger charge is 2.29. The number of aliphatic hydroxyl groups excluding tert-OH is 1. The van der Waals surface area contributed by atoms with Gasteiger partial charge in [0.25, 0.3) is 5.91 Å². The van der Waals surface area contributed by atoms with Gasteiger partial charge in [0.2, 0.25) is 0 Å². The van der Waals surface area contributed by atoms with E-state index < -0.39 is 0 Å². The maximum Gasteiger partial charge on any atom is 0.251 e. The van der Waals surface area contributed by atoms with Crippen LogP contribution in [0.3, 0.4) is 0 Å². The highest BCUT2D eigenvalue weighted by Crippen LogP contribution is 2.33. The average Bonchev–Trinajstić information content (AvgIpc) is 3.16. The number of carbonyl (C=O) groups is 1. The third-order valence-corrected chi connectivity index (χ3v) is 3.53. The quantitative estimate of drug-likeness (QED) is 0.838. The number of amides is 1. The summed E-state index contributed by atoms with van der Waals surface area (Å²) in [7, 11) is 0. The number of carbonyl (C=O) groups excluding carboxylic acids is 1. The monoisotopic (exact) mass is 247 g/mol. The standard InChI is InChI=1S/C15H21NO2/c1-10-3-4-11(2)13(9-10)15(18)16-8-7-14(17)12-5-6-12/h3-4,9,12,14,17H,5-8H2,1-2H3,(H,16,18)/t14-/m0/s1. The highest BCUT2D eigenvalue weighted by molar-refractivity contribution is 5.95. The van der Waals surface area contributed by atoms with E-state index in [-0.39, 0.29) is 12.0 Å². The Kier molecular flexibility index (Phi) is 4.02. The Morgan fingerprint density at radius 1 is 1.44 bits per heavy atom. The Labute approximate surface area is 108 Å². The molecule has 98 valence electrons. The van der Waals surface area contributed by atoms with Gasteiger partial charge in [0.1, 0.15) is 0 Å². The zero-order chi connectivity index (χ0) is 13.1. The van der Waals surface area contributed by atoms with Crippen LogP contribution >= 0.6 is 0 Å². The van der Waals surface area contributed by atoms with E-state index in [4.69, 9.17) is 0 Å². The first kappa shape index (κ1) is 13.1. The van der Waals surface area contributed by atoms with Crippen LogP contribution in [0.4, 0.5) is 0 Å². The fourth-order valence-corrected chi connectivity index (χ4v) is 2.13. The normalized spacial score (nSPS) is 16.4. The molecule has 0 unspecified atom stereocenters. The van der Waals surface area contributed by atoms with E-state index in [1.54, 1.807) is 0 Å². The van der Waals surface area contributed by atoms with Gasteiger partial charge in [-0.3, -0.25) is 4.79 Å². The number of aliphatic hydroxyl groups is 1. The van der Waals surface area contributed by atoms with Crippen LogP contribution in [0.1, 0.15) is 40.7 Å². The van der Waals surface area contributed by atoms with Crippen LogP contribution in [0.25, 0.3) is 0 Å². The van der Waals surface area contributed by atoms with Crippen LogP contribution in [0.5, 0.6) is 0 Å². The molecule has 1 aromatic rings. The van der Waals surface area contributed by atoms with Crippen LogP contribution < -0.4 is 5.32 Å². The summed E-state index contributed by atoms with van der Waals surface area (Å²) in [4.78, 5) is 12.0. The molecule has 1 aliphatic carbocycles. The number of aryl methyl sites for hydroxylation is 2. The molecule has 0 aliphatic heterocycles. The van der Waals surface area contributed by atoms with Gasteiger partial charge in [-0.15, -0.1) is 0 Å². The molecule has 0 saturated heterocycles. The van der Waals surface area contributed by atoms with Gasteiger partial charge in [0.15, 0.2) is 0 Å². The Bertz CT molecular complexity index is 438. The molecule has 1 aromatic carbocycles. The van der Waals surface area contributed by atoms with Crippen molar-refractivity contribution in [3.05, 3.63) is 34.9 Å². The molecule has 2 rings (SSSR count). The van der Waals surface area contributed by atoms with E-state index in [0.717, 1.165) is 29.5 Å². The van der Waals surface area contributed by atoms with E-state index in [1.165, 1.54) is 0 Å². The minimum atomic E-state index is -0.246. The van der Waals surface area contributed by atoms with E-state index in [2.05, 4.69) is 5.32 Å². The second-order valence-electron chi connectivity index (χ2n) is 5.27. The van der Waals surface area contributed by atoms with Crippen molar-refractivity contribution >= 4 is 5.91 Å². The first-order chi connectivity index (χ1) is 8.58. The number of hydrogen-bond acceptors (Lipinski definition) is 2. The predicted octanol–water partition coefficient (Wildman–Crippen LogP) is 2.19. The lowest BCUT2D eigenvalue weighted by Gasteiger charge is -2.11. The Morgan fingerprint density at radius 2 is 2.17 bits per heavy atom. The fraction of sp³-hybridized carbons (Fsp3) is 0.533. The molecule has 1 fully saturated rings. The molecule has 3 nitrogen and oxygen atoms in total. The van der Waals surface area contributed by atoms with Crippen molar-refractivity contribution in [2.45, 2.75) is 39.2 Å². The molecule has 0 spiro atoms. The van der Waals surface area contributed by atoms with E-state index >= 15 is 0 Å². The van der Waals surface area contributed by atoms with Gasteiger partial charge in [0, 0.05) is 12.1 Å². The van der Waals surface area contributed by atoms with Crippen molar-refractivity contribution in [3.8, 4) is 0 Å². The minimum Gasteiger partial charge on any atom is -0.393 e. The summed E-state index contributed by atoms with van der Waals surface area (Å²) in [5, 5.41) is 12.6. The second kappa shape index (κ2) is 5.53. The van der Waals surface area contributed by atoms with Gasteiger partial charge in [-0.1, -0.05) is 17.7 Å². The molecule has 3 heteroatoms. The first-order valence-electron chi connectivity index (χ1n) is 6.61. The molecule has 0 heterocycles. The van der Waals surface area contributed by atoms with Crippen molar-refractivity contribution in [1.29, 1.82) is 0 Å². The third-order valence-electron chi connectivity index (χ3n) is 3.53. The Morgan fingerprint density at radius 3 is 2.83 bits per heavy atom. The van der Waals surface area contributed by atoms with Crippen molar-refractivity contribution < 1.29 is 9.90 Å². The zero-order valence-corrected chi connectivity index (χ0v) is 11.1. The Balaban J connectivity index is 1.85. The molecule has 1 atom stereocenters. The maximum absolute atomic E-state index is 12.0. The van der Waals surface area contributed by atoms with Crippen molar-refractivity contribution in [2.24, 2.45) is 5.92 Å². The third kappa shape index (κ3) is 3.33. The topological polar surface area (TPSA) is 49.3 Å². The first-order valence-corrected chi connectivity index (χ1v) is 6.61. The van der Waals surface area contributed by atoms with Crippen LogP contribution in [0.15, 0.2) is 18.2 Å². The fourth-order valence-electron chi connectivity index (χ4n) is 2.13. The van der Waals surface area contributed by atoms with E-state index in [9.17, 15) is 9.90 Å². The summed E-state index contributed by atoms with van der Waals surface area (Å²) in [5.41, 5.74) is 2.81. The number of hydrogen-bond donors (Lipinski definition) is 2. The molecule has 18 heavy (non-hydrogen) atoms. The van der Waals surface area contributed by atoms with Gasteiger partial charge in [-0.2, -0.15) is 0 Å².